The summed E-state index contributed by atoms with van der Waals surface area (Å²) < 4.78 is 39.2. The zero-order valence-electron chi connectivity index (χ0n) is 16.9. The van der Waals surface area contributed by atoms with Gasteiger partial charge in [-0.25, -0.2) is 13.5 Å². The molecule has 1 aromatic heterocycles. The molecule has 8 heteroatoms. The van der Waals surface area contributed by atoms with Gasteiger partial charge in [0, 0.05) is 17.0 Å². The molecule has 0 N–H and O–H groups in total. The van der Waals surface area contributed by atoms with E-state index < -0.39 is 11.6 Å². The molecule has 0 unspecified atom stereocenters. The van der Waals surface area contributed by atoms with Crippen LogP contribution in [0, 0.1) is 11.6 Å². The van der Waals surface area contributed by atoms with Crippen LogP contribution in [0.1, 0.15) is 12.5 Å². The van der Waals surface area contributed by atoms with E-state index in [9.17, 15) is 8.78 Å². The number of thiazole rings is 1. The third kappa shape index (κ3) is 4.83. The highest BCUT2D eigenvalue weighted by atomic mass is 32.1. The summed E-state index contributed by atoms with van der Waals surface area (Å²) in [6.45, 7) is 6.21. The molecule has 0 aliphatic carbocycles. The van der Waals surface area contributed by atoms with Gasteiger partial charge >= 0.3 is 0 Å². The molecular formula is C22H21F2N3O2S. The Labute approximate surface area is 177 Å². The number of aromatic nitrogens is 1. The summed E-state index contributed by atoms with van der Waals surface area (Å²) in [7, 11) is 3.16. The molecule has 5 nitrogen and oxygen atoms in total. The average Bonchev–Trinajstić information content (AvgIpc) is 3.15. The molecule has 0 fully saturated rings. The number of halogens is 2. The van der Waals surface area contributed by atoms with E-state index in [0.29, 0.717) is 28.4 Å². The standard InChI is InChI=1S/C22H21F2N3O2S/c1-14(2)11-25-22-27(26-12-15-5-8-18(23)19(24)9-15)20(13-30-22)17-7-6-16(28-3)10-21(17)29-4/h5-10,12-13H,1,11H2,2-4H3. The van der Waals surface area contributed by atoms with Crippen molar-refractivity contribution in [1.82, 2.24) is 4.68 Å². The molecule has 0 amide bonds. The summed E-state index contributed by atoms with van der Waals surface area (Å²) in [5.74, 6) is -0.570. The zero-order valence-corrected chi connectivity index (χ0v) is 17.7. The van der Waals surface area contributed by atoms with Crippen LogP contribution in [0.3, 0.4) is 0 Å². The first-order valence-corrected chi connectivity index (χ1v) is 9.88. The first-order valence-electron chi connectivity index (χ1n) is 9.00. The Morgan fingerprint density at radius 3 is 2.60 bits per heavy atom. The number of nitrogens with zero attached hydrogens (tertiary/aromatic N) is 3. The van der Waals surface area contributed by atoms with Crippen molar-refractivity contribution in [3.05, 3.63) is 75.9 Å². The average molecular weight is 429 g/mol. The minimum atomic E-state index is -0.932. The third-order valence-corrected chi connectivity index (χ3v) is 4.97. The highest BCUT2D eigenvalue weighted by Crippen LogP contribution is 2.33. The Hall–Kier alpha value is -3.26. The van der Waals surface area contributed by atoms with Crippen molar-refractivity contribution < 1.29 is 18.3 Å². The molecule has 0 saturated heterocycles. The maximum Gasteiger partial charge on any atom is 0.206 e. The van der Waals surface area contributed by atoms with Crippen LogP contribution in [-0.2, 0) is 0 Å². The summed E-state index contributed by atoms with van der Waals surface area (Å²) in [5, 5.41) is 6.39. The number of benzene rings is 2. The Morgan fingerprint density at radius 2 is 1.93 bits per heavy atom. The van der Waals surface area contributed by atoms with Gasteiger partial charge < -0.3 is 9.47 Å². The largest absolute Gasteiger partial charge is 0.497 e. The third-order valence-electron chi connectivity index (χ3n) is 4.12. The second-order valence-corrected chi connectivity index (χ2v) is 7.31. The summed E-state index contributed by atoms with van der Waals surface area (Å²) in [4.78, 5) is 5.18. The predicted molar refractivity (Wildman–Crippen MR) is 115 cm³/mol. The lowest BCUT2D eigenvalue weighted by Gasteiger charge is -2.11. The normalized spacial score (nSPS) is 11.8. The molecule has 0 aliphatic heterocycles. The van der Waals surface area contributed by atoms with Crippen LogP contribution in [0.15, 0.2) is 64.0 Å². The van der Waals surface area contributed by atoms with Crippen molar-refractivity contribution >= 4 is 17.6 Å². The Bertz CT molecular complexity index is 1170. The van der Waals surface area contributed by atoms with Crippen molar-refractivity contribution in [1.29, 1.82) is 0 Å². The molecule has 156 valence electrons. The van der Waals surface area contributed by atoms with Gasteiger partial charge in [-0.3, -0.25) is 4.99 Å². The van der Waals surface area contributed by atoms with Crippen LogP contribution < -0.4 is 14.3 Å². The van der Waals surface area contributed by atoms with Crippen molar-refractivity contribution in [3.8, 4) is 22.8 Å². The second kappa shape index (κ2) is 9.49. The zero-order chi connectivity index (χ0) is 21.7. The molecule has 0 bridgehead atoms. The van der Waals surface area contributed by atoms with Gasteiger partial charge in [0.2, 0.25) is 4.80 Å². The minimum absolute atomic E-state index is 0.422. The van der Waals surface area contributed by atoms with Gasteiger partial charge in [-0.05, 0) is 36.8 Å². The predicted octanol–water partition coefficient (Wildman–Crippen LogP) is 4.87. The van der Waals surface area contributed by atoms with E-state index in [1.54, 1.807) is 25.0 Å². The highest BCUT2D eigenvalue weighted by Gasteiger charge is 2.14. The Morgan fingerprint density at radius 1 is 1.13 bits per heavy atom. The lowest BCUT2D eigenvalue weighted by Crippen LogP contribution is -2.13. The van der Waals surface area contributed by atoms with Crippen molar-refractivity contribution in [2.24, 2.45) is 10.1 Å². The van der Waals surface area contributed by atoms with Crippen molar-refractivity contribution in [2.75, 3.05) is 20.8 Å². The minimum Gasteiger partial charge on any atom is -0.497 e. The molecular weight excluding hydrogens is 408 g/mol. The van der Waals surface area contributed by atoms with Crippen LogP contribution >= 0.6 is 11.3 Å². The van der Waals surface area contributed by atoms with Gasteiger partial charge in [0.25, 0.3) is 0 Å². The van der Waals surface area contributed by atoms with E-state index in [1.165, 1.54) is 23.6 Å². The fourth-order valence-corrected chi connectivity index (χ4v) is 3.46. The second-order valence-electron chi connectivity index (χ2n) is 6.47. The summed E-state index contributed by atoms with van der Waals surface area (Å²) in [5.41, 5.74) is 2.85. The molecule has 1 heterocycles. The molecule has 30 heavy (non-hydrogen) atoms. The molecule has 2 aromatic carbocycles. The summed E-state index contributed by atoms with van der Waals surface area (Å²) >= 11 is 1.40. The van der Waals surface area contributed by atoms with Crippen LogP contribution in [0.2, 0.25) is 0 Å². The summed E-state index contributed by atoms with van der Waals surface area (Å²) in [6, 6.07) is 9.07. The van der Waals surface area contributed by atoms with Crippen LogP contribution in [0.5, 0.6) is 11.5 Å². The number of hydrogen-bond donors (Lipinski definition) is 0. The highest BCUT2D eigenvalue weighted by molar-refractivity contribution is 7.07. The topological polar surface area (TPSA) is 48.1 Å². The molecule has 3 aromatic rings. The number of hydrogen-bond acceptors (Lipinski definition) is 5. The van der Waals surface area contributed by atoms with E-state index in [1.807, 2.05) is 24.4 Å². The Kier molecular flexibility index (Phi) is 6.79. The van der Waals surface area contributed by atoms with Gasteiger partial charge in [0.15, 0.2) is 11.6 Å². The van der Waals surface area contributed by atoms with Gasteiger partial charge in [0.05, 0.1) is 32.7 Å². The fourth-order valence-electron chi connectivity index (χ4n) is 2.63. The molecule has 0 atom stereocenters. The van der Waals surface area contributed by atoms with Crippen LogP contribution in [0.4, 0.5) is 8.78 Å². The molecule has 3 rings (SSSR count). The molecule has 0 radical (unpaired) electrons. The maximum atomic E-state index is 13.6. The lowest BCUT2D eigenvalue weighted by atomic mass is 10.1. The van der Waals surface area contributed by atoms with Gasteiger partial charge in [-0.2, -0.15) is 5.10 Å². The van der Waals surface area contributed by atoms with E-state index in [4.69, 9.17) is 9.47 Å². The van der Waals surface area contributed by atoms with E-state index in [0.717, 1.165) is 29.0 Å². The lowest BCUT2D eigenvalue weighted by molar-refractivity contribution is 0.395. The molecule has 0 aliphatic rings. The number of rotatable bonds is 7. The summed E-state index contributed by atoms with van der Waals surface area (Å²) in [6.07, 6.45) is 1.45. The first kappa shape index (κ1) is 21.4. The van der Waals surface area contributed by atoms with Crippen molar-refractivity contribution in [2.45, 2.75) is 6.92 Å². The van der Waals surface area contributed by atoms with Crippen molar-refractivity contribution in [3.63, 3.8) is 0 Å². The smallest absolute Gasteiger partial charge is 0.206 e. The SMILES string of the molecule is C=C(C)CN=c1scc(-c2ccc(OC)cc2OC)n1N=Cc1ccc(F)c(F)c1. The van der Waals surface area contributed by atoms with E-state index in [2.05, 4.69) is 16.7 Å². The van der Waals surface area contributed by atoms with Crippen LogP contribution in [-0.4, -0.2) is 31.7 Å². The van der Waals surface area contributed by atoms with Gasteiger partial charge in [0.1, 0.15) is 11.5 Å². The molecule has 0 saturated carbocycles. The number of methoxy groups -OCH3 is 2. The first-order chi connectivity index (χ1) is 14.4. The monoisotopic (exact) mass is 429 g/mol. The van der Waals surface area contributed by atoms with Gasteiger partial charge in [-0.15, -0.1) is 11.3 Å². The number of ether oxygens (including phenoxy) is 2. The molecule has 0 spiro atoms. The quantitative estimate of drug-likeness (QED) is 0.397. The van der Waals surface area contributed by atoms with Crippen LogP contribution in [0.25, 0.3) is 11.3 Å². The van der Waals surface area contributed by atoms with E-state index in [-0.39, 0.29) is 0 Å². The fraction of sp³-hybridized carbons (Fsp3) is 0.182. The Balaban J connectivity index is 2.13. The van der Waals surface area contributed by atoms with Gasteiger partial charge in [-0.1, -0.05) is 18.2 Å². The van der Waals surface area contributed by atoms with E-state index >= 15 is 0 Å². The maximum absolute atomic E-state index is 13.6.